The second kappa shape index (κ2) is 10.1. The first-order valence-electron chi connectivity index (χ1n) is 8.23. The average Bonchev–Trinajstić information content (AvgIpc) is 2.63. The Kier molecular flexibility index (Phi) is 8.02. The molecule has 0 spiro atoms. The number of nitrogens with one attached hydrogen (secondary N) is 2. The van der Waals surface area contributed by atoms with E-state index < -0.39 is 25.6 Å². The van der Waals surface area contributed by atoms with Gasteiger partial charge in [0.05, 0.1) is 0 Å². The summed E-state index contributed by atoms with van der Waals surface area (Å²) >= 11 is 10.9. The summed E-state index contributed by atoms with van der Waals surface area (Å²) < 4.78 is 83.5. The fraction of sp³-hybridized carbons (Fsp3) is 0.278. The van der Waals surface area contributed by atoms with Crippen molar-refractivity contribution < 1.29 is 35.8 Å². The van der Waals surface area contributed by atoms with Crippen LogP contribution >= 0.6 is 23.8 Å². The molecule has 0 fully saturated rings. The third kappa shape index (κ3) is 9.40. The number of rotatable bonds is 7. The number of alkyl halides is 6. The highest BCUT2D eigenvalue weighted by Crippen LogP contribution is 2.29. The van der Waals surface area contributed by atoms with Crippen LogP contribution in [0.5, 0.6) is 11.5 Å². The summed E-state index contributed by atoms with van der Waals surface area (Å²) in [5.41, 5.74) is 0.931. The summed E-state index contributed by atoms with van der Waals surface area (Å²) in [5, 5.41) is 6.16. The summed E-state index contributed by atoms with van der Waals surface area (Å²) in [5.74, 6) is -0.676. The Bertz CT molecular complexity index is 823. The van der Waals surface area contributed by atoms with Crippen molar-refractivity contribution in [3.63, 3.8) is 0 Å². The summed E-state index contributed by atoms with van der Waals surface area (Å²) in [7, 11) is 0. The molecule has 0 bridgehead atoms. The molecule has 0 aliphatic carbocycles. The van der Waals surface area contributed by atoms with Crippen molar-refractivity contribution in [2.75, 3.05) is 18.5 Å². The molecule has 0 aliphatic rings. The monoisotopic (exact) mass is 472 g/mol. The Morgan fingerprint density at radius 1 is 0.867 bits per heavy atom. The first kappa shape index (κ1) is 23.9. The lowest BCUT2D eigenvalue weighted by Gasteiger charge is -2.16. The van der Waals surface area contributed by atoms with Gasteiger partial charge in [-0.05, 0) is 29.9 Å². The van der Waals surface area contributed by atoms with Crippen LogP contribution in [0.15, 0.2) is 42.5 Å². The molecule has 0 saturated carbocycles. The van der Waals surface area contributed by atoms with E-state index in [1.807, 2.05) is 0 Å². The lowest BCUT2D eigenvalue weighted by molar-refractivity contribution is -0.153. The first-order chi connectivity index (χ1) is 13.9. The molecule has 30 heavy (non-hydrogen) atoms. The third-order valence-corrected chi connectivity index (χ3v) is 3.81. The molecule has 0 aliphatic heterocycles. The number of hydrogen-bond acceptors (Lipinski definition) is 3. The molecule has 2 aromatic carbocycles. The maximum absolute atomic E-state index is 12.4. The third-order valence-electron chi connectivity index (χ3n) is 3.31. The summed E-state index contributed by atoms with van der Waals surface area (Å²) in [6.45, 7) is -2.92. The van der Waals surface area contributed by atoms with Crippen molar-refractivity contribution in [3.05, 3.63) is 53.1 Å². The Hall–Kier alpha value is -2.40. The van der Waals surface area contributed by atoms with Crippen LogP contribution in [0, 0.1) is 0 Å². The minimum absolute atomic E-state index is 0.0830. The number of ether oxygens (including phenoxy) is 2. The van der Waals surface area contributed by atoms with Gasteiger partial charge in [0.1, 0.15) is 11.5 Å². The van der Waals surface area contributed by atoms with E-state index in [0.717, 1.165) is 23.8 Å². The van der Waals surface area contributed by atoms with E-state index in [1.54, 1.807) is 24.3 Å². The van der Waals surface area contributed by atoms with Crippen molar-refractivity contribution in [1.29, 1.82) is 0 Å². The van der Waals surface area contributed by atoms with E-state index in [1.165, 1.54) is 0 Å². The van der Waals surface area contributed by atoms with Crippen LogP contribution in [0.4, 0.5) is 32.0 Å². The van der Waals surface area contributed by atoms with Gasteiger partial charge in [0.2, 0.25) is 0 Å². The Balaban J connectivity index is 2.07. The number of anilines is 1. The van der Waals surface area contributed by atoms with E-state index in [9.17, 15) is 26.3 Å². The summed E-state index contributed by atoms with van der Waals surface area (Å²) in [6, 6.07) is 10.1. The predicted molar refractivity (Wildman–Crippen MR) is 104 cm³/mol. The fourth-order valence-corrected chi connectivity index (χ4v) is 2.42. The molecule has 0 unspecified atom stereocenters. The van der Waals surface area contributed by atoms with Gasteiger partial charge in [0.25, 0.3) is 0 Å². The second-order valence-electron chi connectivity index (χ2n) is 5.93. The number of thiocarbonyl (C=S) groups is 1. The van der Waals surface area contributed by atoms with E-state index in [-0.39, 0.29) is 22.3 Å². The number of halogens is 7. The van der Waals surface area contributed by atoms with Gasteiger partial charge in [-0.15, -0.1) is 0 Å². The average molecular weight is 473 g/mol. The molecule has 0 heterocycles. The molecule has 0 amide bonds. The molecule has 164 valence electrons. The zero-order valence-corrected chi connectivity index (χ0v) is 16.6. The zero-order chi connectivity index (χ0) is 22.4. The molecule has 2 aromatic rings. The Morgan fingerprint density at radius 2 is 1.37 bits per heavy atom. The first-order valence-corrected chi connectivity index (χ1v) is 9.02. The Labute approximate surface area is 178 Å². The van der Waals surface area contributed by atoms with Crippen LogP contribution in [0.25, 0.3) is 0 Å². The molecule has 4 nitrogen and oxygen atoms in total. The van der Waals surface area contributed by atoms with Crippen LogP contribution in [-0.2, 0) is 6.54 Å². The minimum Gasteiger partial charge on any atom is -0.484 e. The van der Waals surface area contributed by atoms with Crippen LogP contribution < -0.4 is 20.1 Å². The molecule has 0 aromatic heterocycles. The van der Waals surface area contributed by atoms with Gasteiger partial charge in [0, 0.05) is 35.5 Å². The largest absolute Gasteiger partial charge is 0.484 e. The molecule has 2 N–H and O–H groups in total. The van der Waals surface area contributed by atoms with Gasteiger partial charge in [-0.25, -0.2) is 0 Å². The molecule has 0 atom stereocenters. The summed E-state index contributed by atoms with van der Waals surface area (Å²) in [4.78, 5) is 0. The quantitative estimate of drug-likeness (QED) is 0.399. The lowest BCUT2D eigenvalue weighted by atomic mass is 10.2. The van der Waals surface area contributed by atoms with Crippen LogP contribution in [0.1, 0.15) is 5.56 Å². The van der Waals surface area contributed by atoms with Gasteiger partial charge in [-0.1, -0.05) is 23.7 Å². The number of benzene rings is 2. The maximum Gasteiger partial charge on any atom is 0.422 e. The number of hydrogen-bond donors (Lipinski definition) is 2. The molecular weight excluding hydrogens is 458 g/mol. The van der Waals surface area contributed by atoms with Gasteiger partial charge in [-0.2, -0.15) is 26.3 Å². The molecule has 0 radical (unpaired) electrons. The van der Waals surface area contributed by atoms with Crippen LogP contribution in [0.3, 0.4) is 0 Å². The smallest absolute Gasteiger partial charge is 0.422 e. The van der Waals surface area contributed by atoms with Gasteiger partial charge < -0.3 is 20.1 Å². The van der Waals surface area contributed by atoms with Crippen molar-refractivity contribution in [2.24, 2.45) is 0 Å². The summed E-state index contributed by atoms with van der Waals surface area (Å²) in [6.07, 6.45) is -9.24. The van der Waals surface area contributed by atoms with Gasteiger partial charge >= 0.3 is 12.4 Å². The Morgan fingerprint density at radius 3 is 1.83 bits per heavy atom. The van der Waals surface area contributed by atoms with Crippen LogP contribution in [-0.4, -0.2) is 30.7 Å². The van der Waals surface area contributed by atoms with Crippen molar-refractivity contribution in [2.45, 2.75) is 18.9 Å². The fourth-order valence-electron chi connectivity index (χ4n) is 2.10. The van der Waals surface area contributed by atoms with Crippen LogP contribution in [0.2, 0.25) is 5.02 Å². The molecule has 2 rings (SSSR count). The maximum atomic E-state index is 12.4. The zero-order valence-electron chi connectivity index (χ0n) is 15.0. The standard InChI is InChI=1S/C18H15ClF6N2O2S/c19-12-3-1-11(2-4-12)8-26-16(30)27-13-5-14(28-9-17(20,21)22)7-15(6-13)29-10-18(23,24)25/h1-7H,8-10H2,(H2,26,27,30). The van der Waals surface area contributed by atoms with Gasteiger partial charge in [-0.3, -0.25) is 0 Å². The van der Waals surface area contributed by atoms with E-state index >= 15 is 0 Å². The highest BCUT2D eigenvalue weighted by molar-refractivity contribution is 7.80. The van der Waals surface area contributed by atoms with E-state index in [2.05, 4.69) is 20.1 Å². The van der Waals surface area contributed by atoms with E-state index in [4.69, 9.17) is 23.8 Å². The predicted octanol–water partition coefficient (Wildman–Crippen LogP) is 5.71. The highest BCUT2D eigenvalue weighted by Gasteiger charge is 2.30. The molecule has 0 saturated heterocycles. The lowest BCUT2D eigenvalue weighted by Crippen LogP contribution is -2.28. The van der Waals surface area contributed by atoms with Crippen molar-refractivity contribution in [1.82, 2.24) is 5.32 Å². The normalized spacial score (nSPS) is 11.7. The minimum atomic E-state index is -4.62. The van der Waals surface area contributed by atoms with E-state index in [0.29, 0.717) is 11.6 Å². The van der Waals surface area contributed by atoms with Crippen molar-refractivity contribution in [3.8, 4) is 11.5 Å². The second-order valence-corrected chi connectivity index (χ2v) is 6.78. The SMILES string of the molecule is FC(F)(F)COc1cc(NC(=S)NCc2ccc(Cl)cc2)cc(OCC(F)(F)F)c1. The molecule has 12 heteroatoms. The molecular formula is C18H15ClF6N2O2S. The van der Waals surface area contributed by atoms with Gasteiger partial charge in [0.15, 0.2) is 18.3 Å². The topological polar surface area (TPSA) is 42.5 Å². The van der Waals surface area contributed by atoms with Crippen molar-refractivity contribution >= 4 is 34.6 Å². The highest BCUT2D eigenvalue weighted by atomic mass is 35.5.